The van der Waals surface area contributed by atoms with Crippen LogP contribution in [-0.4, -0.2) is 27.6 Å². The lowest BCUT2D eigenvalue weighted by atomic mass is 10.0. The first-order valence-corrected chi connectivity index (χ1v) is 7.13. The molecule has 0 aliphatic rings. The molecule has 1 unspecified atom stereocenters. The molecule has 1 rings (SSSR count). The Kier molecular flexibility index (Phi) is 6.44. The number of hydrogen-bond donors (Lipinski definition) is 2. The first kappa shape index (κ1) is 14.4. The molecule has 1 aromatic rings. The van der Waals surface area contributed by atoms with Gasteiger partial charge in [0.05, 0.1) is 0 Å². The van der Waals surface area contributed by atoms with E-state index < -0.39 is 0 Å². The van der Waals surface area contributed by atoms with E-state index in [9.17, 15) is 0 Å². The van der Waals surface area contributed by atoms with E-state index in [4.69, 9.17) is 5.11 Å². The van der Waals surface area contributed by atoms with Crippen molar-refractivity contribution in [3.8, 4) is 0 Å². The summed E-state index contributed by atoms with van der Waals surface area (Å²) in [5.41, 5.74) is 0. The number of aliphatic hydroxyl groups excluding tert-OH is 1. The summed E-state index contributed by atoms with van der Waals surface area (Å²) in [4.78, 5) is 4.44. The molecular weight excluding hydrogens is 234 g/mol. The van der Waals surface area contributed by atoms with Crippen LogP contribution in [0.25, 0.3) is 0 Å². The maximum atomic E-state index is 8.98. The number of anilines is 1. The average molecular weight is 257 g/mol. The highest BCUT2D eigenvalue weighted by Crippen LogP contribution is 2.19. The minimum Gasteiger partial charge on any atom is -0.396 e. The molecule has 0 saturated carbocycles. The molecule has 0 aliphatic heterocycles. The van der Waals surface area contributed by atoms with Crippen LogP contribution in [0.2, 0.25) is 0 Å². The van der Waals surface area contributed by atoms with E-state index in [1.54, 1.807) is 0 Å². The van der Waals surface area contributed by atoms with Gasteiger partial charge in [0.25, 0.3) is 0 Å². The van der Waals surface area contributed by atoms with Crippen LogP contribution in [0.3, 0.4) is 0 Å². The Morgan fingerprint density at radius 3 is 2.65 bits per heavy atom. The van der Waals surface area contributed by atoms with Gasteiger partial charge in [0.15, 0.2) is 0 Å². The summed E-state index contributed by atoms with van der Waals surface area (Å²) in [6.45, 7) is 7.50. The lowest BCUT2D eigenvalue weighted by Gasteiger charge is -2.14. The molecule has 0 radical (unpaired) electrons. The summed E-state index contributed by atoms with van der Waals surface area (Å²) in [7, 11) is 0. The molecule has 0 saturated heterocycles. The average Bonchev–Trinajstić information content (AvgIpc) is 2.75. The van der Waals surface area contributed by atoms with Crippen molar-refractivity contribution in [2.24, 2.45) is 5.92 Å². The normalized spacial score (nSPS) is 13.0. The minimum atomic E-state index is 0.264. The lowest BCUT2D eigenvalue weighted by molar-refractivity contribution is 0.255. The summed E-state index contributed by atoms with van der Waals surface area (Å²) in [6, 6.07) is 0. The summed E-state index contributed by atoms with van der Waals surface area (Å²) in [5.74, 6) is 1.81. The van der Waals surface area contributed by atoms with Crippen molar-refractivity contribution in [1.82, 2.24) is 9.36 Å². The van der Waals surface area contributed by atoms with Crippen LogP contribution in [0.1, 0.15) is 51.8 Å². The molecule has 0 spiro atoms. The number of nitrogens with one attached hydrogen (secondary N) is 1. The second-order valence-corrected chi connectivity index (χ2v) is 5.41. The van der Waals surface area contributed by atoms with Gasteiger partial charge in [0.2, 0.25) is 5.13 Å². The highest BCUT2D eigenvalue weighted by Gasteiger charge is 2.10. The van der Waals surface area contributed by atoms with Crippen LogP contribution in [0.15, 0.2) is 0 Å². The number of hydrogen-bond acceptors (Lipinski definition) is 5. The Balaban J connectivity index is 2.41. The van der Waals surface area contributed by atoms with Crippen molar-refractivity contribution in [3.63, 3.8) is 0 Å². The molecule has 0 amide bonds. The smallest absolute Gasteiger partial charge is 0.202 e. The molecule has 1 atom stereocenters. The summed E-state index contributed by atoms with van der Waals surface area (Å²) in [5, 5.41) is 13.2. The third kappa shape index (κ3) is 5.00. The van der Waals surface area contributed by atoms with Gasteiger partial charge < -0.3 is 10.4 Å². The Labute approximate surface area is 108 Å². The third-order valence-electron chi connectivity index (χ3n) is 2.73. The quantitative estimate of drug-likeness (QED) is 0.752. The van der Waals surface area contributed by atoms with Crippen molar-refractivity contribution in [2.45, 2.75) is 46.0 Å². The van der Waals surface area contributed by atoms with Gasteiger partial charge in [-0.2, -0.15) is 4.37 Å². The van der Waals surface area contributed by atoms with Crippen LogP contribution >= 0.6 is 11.5 Å². The monoisotopic (exact) mass is 257 g/mol. The zero-order valence-corrected chi connectivity index (χ0v) is 11.8. The Bertz CT molecular complexity index is 308. The number of aromatic nitrogens is 2. The largest absolute Gasteiger partial charge is 0.396 e. The second-order valence-electron chi connectivity index (χ2n) is 4.66. The van der Waals surface area contributed by atoms with E-state index in [2.05, 4.69) is 35.4 Å². The molecule has 5 heteroatoms. The number of rotatable bonds is 8. The predicted molar refractivity (Wildman–Crippen MR) is 72.6 cm³/mol. The Morgan fingerprint density at radius 1 is 1.35 bits per heavy atom. The SMILES string of the molecule is CCCC(CCO)CNc1nc(C(C)C)ns1. The van der Waals surface area contributed by atoms with E-state index in [1.807, 2.05) is 0 Å². The molecule has 0 bridgehead atoms. The predicted octanol–water partition coefficient (Wildman–Crippen LogP) is 2.87. The van der Waals surface area contributed by atoms with Crippen molar-refractivity contribution in [3.05, 3.63) is 5.82 Å². The Morgan fingerprint density at radius 2 is 2.12 bits per heavy atom. The fraction of sp³-hybridized carbons (Fsp3) is 0.833. The van der Waals surface area contributed by atoms with Gasteiger partial charge in [-0.15, -0.1) is 0 Å². The molecule has 1 aromatic heterocycles. The highest BCUT2D eigenvalue weighted by molar-refractivity contribution is 7.09. The van der Waals surface area contributed by atoms with Crippen molar-refractivity contribution >= 4 is 16.7 Å². The van der Waals surface area contributed by atoms with Crippen LogP contribution in [-0.2, 0) is 0 Å². The van der Waals surface area contributed by atoms with Crippen LogP contribution in [0.5, 0.6) is 0 Å². The molecule has 17 heavy (non-hydrogen) atoms. The van der Waals surface area contributed by atoms with Gasteiger partial charge >= 0.3 is 0 Å². The van der Waals surface area contributed by atoms with E-state index in [0.717, 1.165) is 36.8 Å². The molecular formula is C12H23N3OS. The van der Waals surface area contributed by atoms with Gasteiger partial charge in [-0.1, -0.05) is 27.2 Å². The van der Waals surface area contributed by atoms with Gasteiger partial charge in [-0.05, 0) is 18.8 Å². The molecule has 0 fully saturated rings. The van der Waals surface area contributed by atoms with Crippen LogP contribution in [0, 0.1) is 5.92 Å². The van der Waals surface area contributed by atoms with Gasteiger partial charge in [0, 0.05) is 30.6 Å². The first-order valence-electron chi connectivity index (χ1n) is 6.35. The summed E-state index contributed by atoms with van der Waals surface area (Å²) in [6.07, 6.45) is 3.15. The summed E-state index contributed by atoms with van der Waals surface area (Å²) >= 11 is 1.42. The fourth-order valence-electron chi connectivity index (χ4n) is 1.71. The maximum absolute atomic E-state index is 8.98. The zero-order chi connectivity index (χ0) is 12.7. The van der Waals surface area contributed by atoms with Gasteiger partial charge in [-0.3, -0.25) is 0 Å². The molecule has 1 heterocycles. The highest BCUT2D eigenvalue weighted by atomic mass is 32.1. The first-order chi connectivity index (χ1) is 8.17. The van der Waals surface area contributed by atoms with Crippen molar-refractivity contribution < 1.29 is 5.11 Å². The fourth-order valence-corrected chi connectivity index (χ4v) is 2.43. The zero-order valence-electron chi connectivity index (χ0n) is 10.9. The van der Waals surface area contributed by atoms with E-state index in [1.165, 1.54) is 11.5 Å². The number of nitrogens with zero attached hydrogens (tertiary/aromatic N) is 2. The Hall–Kier alpha value is -0.680. The standard InChI is InChI=1S/C12H23N3OS/c1-4-5-10(6-7-16)8-13-12-14-11(9(2)3)15-17-12/h9-10,16H,4-8H2,1-3H3,(H,13,14,15). The van der Waals surface area contributed by atoms with E-state index in [-0.39, 0.29) is 6.61 Å². The summed E-state index contributed by atoms with van der Waals surface area (Å²) < 4.78 is 4.30. The minimum absolute atomic E-state index is 0.264. The van der Waals surface area contributed by atoms with Crippen molar-refractivity contribution in [1.29, 1.82) is 0 Å². The lowest BCUT2D eigenvalue weighted by Crippen LogP contribution is -2.15. The van der Waals surface area contributed by atoms with E-state index in [0.29, 0.717) is 11.8 Å². The molecule has 2 N–H and O–H groups in total. The maximum Gasteiger partial charge on any atom is 0.202 e. The van der Waals surface area contributed by atoms with Crippen molar-refractivity contribution in [2.75, 3.05) is 18.5 Å². The van der Waals surface area contributed by atoms with Crippen LogP contribution < -0.4 is 5.32 Å². The third-order valence-corrected chi connectivity index (χ3v) is 3.42. The van der Waals surface area contributed by atoms with E-state index >= 15 is 0 Å². The molecule has 98 valence electrons. The topological polar surface area (TPSA) is 58.0 Å². The molecule has 4 nitrogen and oxygen atoms in total. The molecule has 0 aromatic carbocycles. The van der Waals surface area contributed by atoms with Crippen LogP contribution in [0.4, 0.5) is 5.13 Å². The molecule has 0 aliphatic carbocycles. The van der Waals surface area contributed by atoms with Gasteiger partial charge in [0.1, 0.15) is 5.82 Å². The van der Waals surface area contributed by atoms with Gasteiger partial charge in [-0.25, -0.2) is 4.98 Å². The number of aliphatic hydroxyl groups is 1. The second kappa shape index (κ2) is 7.61.